The molecule has 0 saturated carbocycles. The van der Waals surface area contributed by atoms with Gasteiger partial charge in [0, 0.05) is 30.7 Å². The van der Waals surface area contributed by atoms with Crippen molar-refractivity contribution in [2.45, 2.75) is 18.7 Å². The number of nitrogens with zero attached hydrogens (tertiary/aromatic N) is 2. The first-order valence-electron chi connectivity index (χ1n) is 5.64. The number of non-ortho nitro benzene ring substituents is 1. The largest absolute Gasteiger partial charge is 0.310 e. The summed E-state index contributed by atoms with van der Waals surface area (Å²) in [7, 11) is 0. The molecule has 6 nitrogen and oxygen atoms in total. The number of carbonyl (C=O) groups is 2. The van der Waals surface area contributed by atoms with Crippen LogP contribution in [0.5, 0.6) is 0 Å². The summed E-state index contributed by atoms with van der Waals surface area (Å²) in [5.41, 5.74) is 0.364. The molecule has 1 aliphatic rings. The Morgan fingerprint density at radius 3 is 2.68 bits per heavy atom. The Labute approximate surface area is 114 Å². The van der Waals surface area contributed by atoms with Gasteiger partial charge in [0.25, 0.3) is 5.69 Å². The van der Waals surface area contributed by atoms with E-state index >= 15 is 0 Å². The van der Waals surface area contributed by atoms with Crippen molar-refractivity contribution in [3.63, 3.8) is 0 Å². The van der Waals surface area contributed by atoms with Crippen molar-refractivity contribution in [3.8, 4) is 0 Å². The van der Waals surface area contributed by atoms with E-state index in [2.05, 4.69) is 0 Å². The maximum absolute atomic E-state index is 11.8. The Balaban J connectivity index is 2.48. The zero-order chi connectivity index (χ0) is 14.2. The lowest BCUT2D eigenvalue weighted by Crippen LogP contribution is -2.26. The van der Waals surface area contributed by atoms with E-state index in [9.17, 15) is 19.7 Å². The second kappa shape index (κ2) is 4.97. The van der Waals surface area contributed by atoms with Gasteiger partial charge in [-0.15, -0.1) is 11.6 Å². The molecule has 19 heavy (non-hydrogen) atoms. The van der Waals surface area contributed by atoms with Gasteiger partial charge in [-0.05, 0) is 13.0 Å². The Hall–Kier alpha value is -1.95. The zero-order valence-corrected chi connectivity index (χ0v) is 10.9. The molecule has 0 spiro atoms. The third-order valence-corrected chi connectivity index (χ3v) is 3.23. The minimum absolute atomic E-state index is 0.160. The quantitative estimate of drug-likeness (QED) is 0.368. The Morgan fingerprint density at radius 2 is 2.21 bits per heavy atom. The predicted octanol–water partition coefficient (Wildman–Crippen LogP) is 2.14. The van der Waals surface area contributed by atoms with E-state index in [0.29, 0.717) is 12.2 Å². The number of Topliss-reactive ketones (excluding diaryl/α,β-unsaturated/α-hetero) is 1. The van der Waals surface area contributed by atoms with Gasteiger partial charge in [-0.2, -0.15) is 0 Å². The molecule has 100 valence electrons. The van der Waals surface area contributed by atoms with E-state index in [1.807, 2.05) is 0 Å². The molecule has 1 fully saturated rings. The number of rotatable bonds is 3. The standard InChI is InChI=1S/C12H11ClN2O4/c1-7(16)10-5-9(15(18)19)2-3-11(10)14-6-8(13)4-12(14)17/h2-3,5,8H,4,6H2,1H3. The fourth-order valence-electron chi connectivity index (χ4n) is 2.05. The molecular weight excluding hydrogens is 272 g/mol. The van der Waals surface area contributed by atoms with Crippen LogP contribution in [-0.2, 0) is 4.79 Å². The first-order chi connectivity index (χ1) is 8.90. The SMILES string of the molecule is CC(=O)c1cc([N+](=O)[O-])ccc1N1CC(Cl)CC1=O. The normalized spacial score (nSPS) is 18.7. The third kappa shape index (κ3) is 2.58. The second-order valence-corrected chi connectivity index (χ2v) is 4.94. The summed E-state index contributed by atoms with van der Waals surface area (Å²) < 4.78 is 0. The number of alkyl halides is 1. The van der Waals surface area contributed by atoms with Gasteiger partial charge in [-0.1, -0.05) is 0 Å². The lowest BCUT2D eigenvalue weighted by molar-refractivity contribution is -0.384. The number of ketones is 1. The average Bonchev–Trinajstić information content (AvgIpc) is 2.67. The highest BCUT2D eigenvalue weighted by molar-refractivity contribution is 6.24. The van der Waals surface area contributed by atoms with E-state index in [-0.39, 0.29) is 34.7 Å². The number of benzene rings is 1. The average molecular weight is 283 g/mol. The van der Waals surface area contributed by atoms with Crippen LogP contribution in [0.2, 0.25) is 0 Å². The van der Waals surface area contributed by atoms with Crippen molar-refractivity contribution in [2.75, 3.05) is 11.4 Å². The van der Waals surface area contributed by atoms with Gasteiger partial charge in [0.1, 0.15) is 0 Å². The monoisotopic (exact) mass is 282 g/mol. The molecule has 1 aromatic rings. The number of nitro groups is 1. The molecule has 1 aromatic carbocycles. The zero-order valence-electron chi connectivity index (χ0n) is 10.1. The van der Waals surface area contributed by atoms with Gasteiger partial charge in [-0.25, -0.2) is 0 Å². The van der Waals surface area contributed by atoms with Crippen molar-refractivity contribution >= 4 is 34.7 Å². The molecule has 2 rings (SSSR count). The van der Waals surface area contributed by atoms with Crippen LogP contribution in [0.25, 0.3) is 0 Å². The minimum Gasteiger partial charge on any atom is -0.310 e. The molecule has 1 unspecified atom stereocenters. The van der Waals surface area contributed by atoms with Gasteiger partial charge in [0.2, 0.25) is 5.91 Å². The summed E-state index contributed by atoms with van der Waals surface area (Å²) >= 11 is 5.91. The molecule has 0 bridgehead atoms. The van der Waals surface area contributed by atoms with Crippen molar-refractivity contribution in [2.24, 2.45) is 0 Å². The summed E-state index contributed by atoms with van der Waals surface area (Å²) in [5.74, 6) is -0.513. The number of halogens is 1. The number of anilines is 1. The van der Waals surface area contributed by atoms with Gasteiger partial charge < -0.3 is 4.90 Å². The summed E-state index contributed by atoms with van der Waals surface area (Å²) in [6.45, 7) is 1.61. The van der Waals surface area contributed by atoms with Crippen molar-refractivity contribution in [1.29, 1.82) is 0 Å². The van der Waals surface area contributed by atoms with Crippen LogP contribution in [0.15, 0.2) is 18.2 Å². The molecule has 1 amide bonds. The van der Waals surface area contributed by atoms with E-state index in [0.717, 1.165) is 0 Å². The molecule has 7 heteroatoms. The lowest BCUT2D eigenvalue weighted by atomic mass is 10.1. The van der Waals surface area contributed by atoms with Crippen LogP contribution in [0, 0.1) is 10.1 Å². The van der Waals surface area contributed by atoms with Gasteiger partial charge >= 0.3 is 0 Å². The van der Waals surface area contributed by atoms with Crippen LogP contribution in [0.1, 0.15) is 23.7 Å². The number of carbonyl (C=O) groups excluding carboxylic acids is 2. The smallest absolute Gasteiger partial charge is 0.270 e. The Bertz CT molecular complexity index is 573. The number of hydrogen-bond donors (Lipinski definition) is 0. The van der Waals surface area contributed by atoms with E-state index in [1.54, 1.807) is 0 Å². The van der Waals surface area contributed by atoms with Crippen molar-refractivity contribution < 1.29 is 14.5 Å². The van der Waals surface area contributed by atoms with E-state index < -0.39 is 4.92 Å². The first kappa shape index (κ1) is 13.5. The Kier molecular flexibility index (Phi) is 3.53. The van der Waals surface area contributed by atoms with E-state index in [4.69, 9.17) is 11.6 Å². The fourth-order valence-corrected chi connectivity index (χ4v) is 2.32. The molecule has 0 aromatic heterocycles. The van der Waals surface area contributed by atoms with Gasteiger partial charge in [-0.3, -0.25) is 19.7 Å². The molecular formula is C12H11ClN2O4. The molecule has 1 aliphatic heterocycles. The lowest BCUT2D eigenvalue weighted by Gasteiger charge is -2.18. The van der Waals surface area contributed by atoms with Crippen LogP contribution in [-0.4, -0.2) is 28.5 Å². The third-order valence-electron chi connectivity index (χ3n) is 2.94. The van der Waals surface area contributed by atoms with Crippen LogP contribution in [0.3, 0.4) is 0 Å². The highest BCUT2D eigenvalue weighted by atomic mass is 35.5. The maximum atomic E-state index is 11.8. The summed E-state index contributed by atoms with van der Waals surface area (Å²) in [6, 6.07) is 3.88. The molecule has 1 atom stereocenters. The highest BCUT2D eigenvalue weighted by Crippen LogP contribution is 2.30. The minimum atomic E-state index is -0.577. The first-order valence-corrected chi connectivity index (χ1v) is 6.07. The topological polar surface area (TPSA) is 80.5 Å². The number of hydrogen-bond acceptors (Lipinski definition) is 4. The molecule has 1 saturated heterocycles. The fraction of sp³-hybridized carbons (Fsp3) is 0.333. The molecule has 1 heterocycles. The van der Waals surface area contributed by atoms with Crippen LogP contribution >= 0.6 is 11.6 Å². The second-order valence-electron chi connectivity index (χ2n) is 4.32. The molecule has 0 aliphatic carbocycles. The highest BCUT2D eigenvalue weighted by Gasteiger charge is 2.31. The summed E-state index contributed by atoms with van der Waals surface area (Å²) in [4.78, 5) is 34.9. The summed E-state index contributed by atoms with van der Waals surface area (Å²) in [6.07, 6.45) is 0.204. The number of amides is 1. The van der Waals surface area contributed by atoms with Crippen LogP contribution < -0.4 is 4.90 Å². The summed E-state index contributed by atoms with van der Waals surface area (Å²) in [5, 5.41) is 10.4. The van der Waals surface area contributed by atoms with Crippen LogP contribution in [0.4, 0.5) is 11.4 Å². The van der Waals surface area contributed by atoms with Crippen molar-refractivity contribution in [3.05, 3.63) is 33.9 Å². The predicted molar refractivity (Wildman–Crippen MR) is 69.7 cm³/mol. The molecule has 0 radical (unpaired) electrons. The van der Waals surface area contributed by atoms with E-state index in [1.165, 1.54) is 30.0 Å². The van der Waals surface area contributed by atoms with Gasteiger partial charge in [0.15, 0.2) is 5.78 Å². The Morgan fingerprint density at radius 1 is 1.53 bits per heavy atom. The molecule has 0 N–H and O–H groups in total. The van der Waals surface area contributed by atoms with Gasteiger partial charge in [0.05, 0.1) is 16.0 Å². The maximum Gasteiger partial charge on any atom is 0.270 e. The van der Waals surface area contributed by atoms with Crippen molar-refractivity contribution in [1.82, 2.24) is 0 Å². The number of nitro benzene ring substituents is 1.